The van der Waals surface area contributed by atoms with Gasteiger partial charge >= 0.3 is 0 Å². The van der Waals surface area contributed by atoms with Crippen molar-refractivity contribution in [1.29, 1.82) is 0 Å². The van der Waals surface area contributed by atoms with Crippen LogP contribution < -0.4 is 10.6 Å². The number of nitrogens with zero attached hydrogens (tertiary/aromatic N) is 2. The first-order chi connectivity index (χ1) is 11.2. The summed E-state index contributed by atoms with van der Waals surface area (Å²) in [5, 5.41) is 6.67. The minimum atomic E-state index is 0.447. The van der Waals surface area contributed by atoms with Crippen LogP contribution in [-0.4, -0.2) is 9.97 Å². The molecule has 0 aliphatic heterocycles. The third-order valence-electron chi connectivity index (χ3n) is 3.56. The van der Waals surface area contributed by atoms with E-state index < -0.39 is 0 Å². The highest BCUT2D eigenvalue weighted by Crippen LogP contribution is 2.26. The molecule has 0 aliphatic carbocycles. The predicted molar refractivity (Wildman–Crippen MR) is 95.6 cm³/mol. The first-order valence-electron chi connectivity index (χ1n) is 7.72. The van der Waals surface area contributed by atoms with Gasteiger partial charge in [0.05, 0.1) is 0 Å². The minimum absolute atomic E-state index is 0.447. The lowest BCUT2D eigenvalue weighted by molar-refractivity contribution is 0.869. The molecule has 23 heavy (non-hydrogen) atoms. The third kappa shape index (κ3) is 3.86. The van der Waals surface area contributed by atoms with E-state index >= 15 is 0 Å². The van der Waals surface area contributed by atoms with Crippen LogP contribution in [0.4, 0.5) is 23.0 Å². The Bertz CT molecular complexity index is 769. The van der Waals surface area contributed by atoms with Crippen molar-refractivity contribution >= 4 is 23.0 Å². The summed E-state index contributed by atoms with van der Waals surface area (Å²) in [6.07, 6.45) is 1.56. The largest absolute Gasteiger partial charge is 0.340 e. The molecule has 1 heterocycles. The molecule has 3 aromatic rings. The molecule has 116 valence electrons. The third-order valence-corrected chi connectivity index (χ3v) is 3.56. The fourth-order valence-corrected chi connectivity index (χ4v) is 2.42. The van der Waals surface area contributed by atoms with Gasteiger partial charge in [-0.1, -0.05) is 50.2 Å². The molecule has 4 heteroatoms. The second-order valence-electron chi connectivity index (χ2n) is 5.65. The lowest BCUT2D eigenvalue weighted by Crippen LogP contribution is -2.01. The zero-order valence-corrected chi connectivity index (χ0v) is 13.3. The maximum Gasteiger partial charge on any atom is 0.135 e. The second kappa shape index (κ2) is 6.92. The fraction of sp³-hybridized carbons (Fsp3) is 0.158. The molecular formula is C19H20N4. The quantitative estimate of drug-likeness (QED) is 0.689. The van der Waals surface area contributed by atoms with Crippen molar-refractivity contribution in [3.63, 3.8) is 0 Å². The van der Waals surface area contributed by atoms with E-state index in [9.17, 15) is 0 Å². The summed E-state index contributed by atoms with van der Waals surface area (Å²) in [5.41, 5.74) is 3.34. The number of nitrogens with one attached hydrogen (secondary N) is 2. The van der Waals surface area contributed by atoms with Crippen LogP contribution in [0.5, 0.6) is 0 Å². The number of hydrogen-bond donors (Lipinski definition) is 2. The van der Waals surface area contributed by atoms with Crippen molar-refractivity contribution in [1.82, 2.24) is 9.97 Å². The highest BCUT2D eigenvalue weighted by Gasteiger charge is 2.07. The van der Waals surface area contributed by atoms with Crippen LogP contribution in [0.15, 0.2) is 67.0 Å². The topological polar surface area (TPSA) is 49.8 Å². The van der Waals surface area contributed by atoms with Crippen molar-refractivity contribution in [2.45, 2.75) is 19.8 Å². The molecule has 0 unspecified atom stereocenters. The molecule has 0 radical (unpaired) electrons. The Morgan fingerprint density at radius 3 is 2.17 bits per heavy atom. The highest BCUT2D eigenvalue weighted by molar-refractivity contribution is 5.65. The fourth-order valence-electron chi connectivity index (χ4n) is 2.42. The lowest BCUT2D eigenvalue weighted by atomic mass is 10.0. The molecule has 3 rings (SSSR count). The maximum absolute atomic E-state index is 4.31. The van der Waals surface area contributed by atoms with Crippen molar-refractivity contribution in [3.05, 3.63) is 72.6 Å². The van der Waals surface area contributed by atoms with Crippen LogP contribution in [0, 0.1) is 0 Å². The van der Waals surface area contributed by atoms with Crippen LogP contribution in [0.25, 0.3) is 0 Å². The Morgan fingerprint density at radius 1 is 0.783 bits per heavy atom. The smallest absolute Gasteiger partial charge is 0.135 e. The van der Waals surface area contributed by atoms with Crippen molar-refractivity contribution in [2.75, 3.05) is 10.6 Å². The number of anilines is 4. The van der Waals surface area contributed by atoms with E-state index in [0.29, 0.717) is 5.92 Å². The average molecular weight is 304 g/mol. The van der Waals surface area contributed by atoms with Crippen LogP contribution in [-0.2, 0) is 0 Å². The van der Waals surface area contributed by atoms with Crippen LogP contribution >= 0.6 is 0 Å². The molecule has 0 saturated carbocycles. The molecule has 4 nitrogen and oxygen atoms in total. The van der Waals surface area contributed by atoms with Gasteiger partial charge in [0, 0.05) is 17.4 Å². The standard InChI is InChI=1S/C19H20N4/c1-14(2)16-10-6-7-11-17(16)23-19-12-18(20-13-21-19)22-15-8-4-3-5-9-15/h3-14H,1-2H3,(H2,20,21,22,23). The molecule has 0 spiro atoms. The molecule has 0 fully saturated rings. The maximum atomic E-state index is 4.31. The summed E-state index contributed by atoms with van der Waals surface area (Å²) >= 11 is 0. The number of hydrogen-bond acceptors (Lipinski definition) is 4. The summed E-state index contributed by atoms with van der Waals surface area (Å²) in [6, 6.07) is 20.2. The Hall–Kier alpha value is -2.88. The van der Waals surface area contributed by atoms with Crippen LogP contribution in [0.1, 0.15) is 25.3 Å². The summed E-state index contributed by atoms with van der Waals surface area (Å²) < 4.78 is 0. The number of para-hydroxylation sites is 2. The normalized spacial score (nSPS) is 10.6. The number of rotatable bonds is 5. The Labute approximate surface area is 136 Å². The van der Waals surface area contributed by atoms with Gasteiger partial charge in [0.25, 0.3) is 0 Å². The molecule has 0 saturated heterocycles. The zero-order chi connectivity index (χ0) is 16.1. The first-order valence-corrected chi connectivity index (χ1v) is 7.72. The zero-order valence-electron chi connectivity index (χ0n) is 13.3. The molecule has 0 bridgehead atoms. The summed E-state index contributed by atoms with van der Waals surface area (Å²) in [6.45, 7) is 4.37. The SMILES string of the molecule is CC(C)c1ccccc1Nc1cc(Nc2ccccc2)ncn1. The first kappa shape index (κ1) is 15.0. The molecule has 1 aromatic heterocycles. The van der Waals surface area contributed by atoms with E-state index in [1.54, 1.807) is 6.33 Å². The Kier molecular flexibility index (Phi) is 4.52. The molecular weight excluding hydrogens is 284 g/mol. The second-order valence-corrected chi connectivity index (χ2v) is 5.65. The van der Waals surface area contributed by atoms with Crippen molar-refractivity contribution < 1.29 is 0 Å². The van der Waals surface area contributed by atoms with Gasteiger partial charge < -0.3 is 10.6 Å². The van der Waals surface area contributed by atoms with Gasteiger partial charge in [-0.05, 0) is 29.7 Å². The number of benzene rings is 2. The molecule has 0 amide bonds. The van der Waals surface area contributed by atoms with Gasteiger partial charge in [0.2, 0.25) is 0 Å². The minimum Gasteiger partial charge on any atom is -0.340 e. The monoisotopic (exact) mass is 304 g/mol. The summed E-state index contributed by atoms with van der Waals surface area (Å²) in [5.74, 6) is 1.98. The van der Waals surface area contributed by atoms with Crippen molar-refractivity contribution in [3.8, 4) is 0 Å². The van der Waals surface area contributed by atoms with Crippen molar-refractivity contribution in [2.24, 2.45) is 0 Å². The van der Waals surface area contributed by atoms with Gasteiger partial charge in [0.15, 0.2) is 0 Å². The van der Waals surface area contributed by atoms with Gasteiger partial charge in [-0.3, -0.25) is 0 Å². The summed E-state index contributed by atoms with van der Waals surface area (Å²) in [7, 11) is 0. The van der Waals surface area contributed by atoms with E-state index in [2.05, 4.69) is 52.6 Å². The van der Waals surface area contributed by atoms with Crippen LogP contribution in [0.3, 0.4) is 0 Å². The van der Waals surface area contributed by atoms with Gasteiger partial charge in [-0.15, -0.1) is 0 Å². The Balaban J connectivity index is 1.81. The van der Waals surface area contributed by atoms with Gasteiger partial charge in [-0.25, -0.2) is 9.97 Å². The van der Waals surface area contributed by atoms with Gasteiger partial charge in [0.1, 0.15) is 18.0 Å². The van der Waals surface area contributed by atoms with Gasteiger partial charge in [-0.2, -0.15) is 0 Å². The van der Waals surface area contributed by atoms with E-state index in [4.69, 9.17) is 0 Å². The molecule has 2 aromatic carbocycles. The molecule has 0 atom stereocenters. The van der Waals surface area contributed by atoms with E-state index in [-0.39, 0.29) is 0 Å². The molecule has 0 aliphatic rings. The van der Waals surface area contributed by atoms with Crippen LogP contribution in [0.2, 0.25) is 0 Å². The predicted octanol–water partition coefficient (Wildman–Crippen LogP) is 5.09. The lowest BCUT2D eigenvalue weighted by Gasteiger charge is -2.14. The summed E-state index contributed by atoms with van der Waals surface area (Å²) in [4.78, 5) is 8.59. The average Bonchev–Trinajstić information content (AvgIpc) is 2.56. The van der Waals surface area contributed by atoms with E-state index in [1.807, 2.05) is 42.5 Å². The number of aromatic nitrogens is 2. The highest BCUT2D eigenvalue weighted by atomic mass is 15.1. The van der Waals surface area contributed by atoms with E-state index in [1.165, 1.54) is 5.56 Å². The van der Waals surface area contributed by atoms with E-state index in [0.717, 1.165) is 23.0 Å². The Morgan fingerprint density at radius 2 is 1.43 bits per heavy atom. The molecule has 2 N–H and O–H groups in total.